The molecule has 0 aromatic heterocycles. The number of carbonyl (C=O) groups excluding carboxylic acids is 2. The van der Waals surface area contributed by atoms with Gasteiger partial charge < -0.3 is 19.6 Å². The molecule has 0 radical (unpaired) electrons. The number of nitrogens with zero attached hydrogens (tertiary/aromatic N) is 2. The van der Waals surface area contributed by atoms with Gasteiger partial charge in [-0.1, -0.05) is 64.8 Å². The molecule has 0 bridgehead atoms. The molecular formula is C47H71ClN2O5. The third-order valence-electron chi connectivity index (χ3n) is 16.2. The number of Topliss-reactive ketones (excluding diaryl/α,β-unsaturated/α-hetero) is 1. The van der Waals surface area contributed by atoms with E-state index in [-0.39, 0.29) is 40.1 Å². The number of allylic oxidation sites excluding steroid dienone is 2. The number of hydrogen-bond donors (Lipinski definition) is 1. The van der Waals surface area contributed by atoms with Crippen molar-refractivity contribution < 1.29 is 24.2 Å². The molecule has 0 heterocycles. The minimum absolute atomic E-state index is 0.0397. The van der Waals surface area contributed by atoms with Crippen molar-refractivity contribution in [1.82, 2.24) is 9.80 Å². The molecule has 8 heteroatoms. The van der Waals surface area contributed by atoms with Crippen molar-refractivity contribution in [3.8, 4) is 0 Å². The fourth-order valence-electron chi connectivity index (χ4n) is 13.6. The number of hydrogen-bond acceptors (Lipinski definition) is 6. The number of esters is 1. The Morgan fingerprint density at radius 1 is 0.927 bits per heavy atom. The van der Waals surface area contributed by atoms with Crippen molar-refractivity contribution in [2.24, 2.45) is 56.7 Å². The normalized spacial score (nSPS) is 34.4. The molecule has 0 amide bonds. The molecule has 1 aromatic rings. The molecule has 5 aliphatic carbocycles. The molecule has 8 atom stereocenters. The van der Waals surface area contributed by atoms with Crippen LogP contribution >= 0.6 is 11.6 Å². The van der Waals surface area contributed by atoms with Gasteiger partial charge in [0.25, 0.3) is 0 Å². The van der Waals surface area contributed by atoms with Gasteiger partial charge in [-0.25, -0.2) is 0 Å². The molecule has 5 aliphatic rings. The number of carbonyl (C=O) groups is 3. The average Bonchev–Trinajstić information content (AvgIpc) is 3.38. The highest BCUT2D eigenvalue weighted by Gasteiger charge is 2.66. The Balaban J connectivity index is 1.21. The van der Waals surface area contributed by atoms with E-state index in [1.165, 1.54) is 36.0 Å². The molecule has 4 saturated carbocycles. The molecule has 4 fully saturated rings. The van der Waals surface area contributed by atoms with E-state index >= 15 is 0 Å². The monoisotopic (exact) mass is 779 g/mol. The van der Waals surface area contributed by atoms with Crippen molar-refractivity contribution in [2.45, 2.75) is 145 Å². The molecule has 0 aliphatic heterocycles. The van der Waals surface area contributed by atoms with E-state index in [4.69, 9.17) is 16.3 Å². The summed E-state index contributed by atoms with van der Waals surface area (Å²) in [5, 5.41) is 10.4. The van der Waals surface area contributed by atoms with Gasteiger partial charge in [0, 0.05) is 35.4 Å². The van der Waals surface area contributed by atoms with E-state index < -0.39 is 17.4 Å². The molecule has 1 N–H and O–H groups in total. The molecular weight excluding hydrogens is 708 g/mol. The van der Waals surface area contributed by atoms with Crippen molar-refractivity contribution in [3.05, 3.63) is 45.5 Å². The van der Waals surface area contributed by atoms with E-state index in [9.17, 15) is 19.5 Å². The minimum Gasteiger partial charge on any atom is -0.481 e. The summed E-state index contributed by atoms with van der Waals surface area (Å²) >= 11 is 6.42. The largest absolute Gasteiger partial charge is 0.481 e. The zero-order valence-electron chi connectivity index (χ0n) is 35.9. The molecule has 8 unspecified atom stereocenters. The molecule has 1 aromatic carbocycles. The Morgan fingerprint density at radius 3 is 2.27 bits per heavy atom. The van der Waals surface area contributed by atoms with Crippen LogP contribution in [0.15, 0.2) is 29.3 Å². The number of carboxylic acid groups (broad SMARTS) is 1. The summed E-state index contributed by atoms with van der Waals surface area (Å²) in [6, 6.07) is 6.29. The van der Waals surface area contributed by atoms with Crippen LogP contribution < -0.4 is 0 Å². The highest BCUT2D eigenvalue weighted by Crippen LogP contribution is 2.73. The van der Waals surface area contributed by atoms with Crippen molar-refractivity contribution in [3.63, 3.8) is 0 Å². The van der Waals surface area contributed by atoms with Crippen LogP contribution in [0.5, 0.6) is 0 Å². The summed E-state index contributed by atoms with van der Waals surface area (Å²) in [5.41, 5.74) is 4.25. The number of rotatable bonds is 12. The quantitative estimate of drug-likeness (QED) is 0.211. The summed E-state index contributed by atoms with van der Waals surface area (Å²) in [7, 11) is 6.43. The Bertz CT molecular complexity index is 1700. The number of ketones is 1. The Morgan fingerprint density at radius 2 is 1.62 bits per heavy atom. The zero-order chi connectivity index (χ0) is 40.5. The van der Waals surface area contributed by atoms with E-state index in [0.717, 1.165) is 63.2 Å². The lowest BCUT2D eigenvalue weighted by Crippen LogP contribution is -2.63. The first kappa shape index (κ1) is 42.4. The number of halogens is 1. The predicted octanol–water partition coefficient (Wildman–Crippen LogP) is 10.2. The van der Waals surface area contributed by atoms with Gasteiger partial charge in [0.05, 0.1) is 11.8 Å². The van der Waals surface area contributed by atoms with Gasteiger partial charge in [-0.3, -0.25) is 14.4 Å². The lowest BCUT2D eigenvalue weighted by Gasteiger charge is -2.69. The molecule has 0 saturated heterocycles. The molecule has 6 rings (SSSR count). The number of benzene rings is 1. The molecule has 55 heavy (non-hydrogen) atoms. The maximum atomic E-state index is 14.1. The van der Waals surface area contributed by atoms with Crippen LogP contribution in [0.3, 0.4) is 0 Å². The van der Waals surface area contributed by atoms with E-state index in [1.54, 1.807) is 19.4 Å². The fraction of sp³-hybridized carbons (Fsp3) is 0.766. The Hall–Kier alpha value is -2.22. The lowest BCUT2D eigenvalue weighted by molar-refractivity contribution is -0.214. The van der Waals surface area contributed by atoms with Crippen molar-refractivity contribution >= 4 is 29.3 Å². The SMILES string of the molecule is CC(C)C1=C2C3CCC4C(C)(CCC5C(C)(C)C(OC(=O)CC(C)(C)C(=O)O)CCC54C)C3CCC2(CCN(C)Cc2ccc(Cl)cc2CN(C)C)CC1=O. The van der Waals surface area contributed by atoms with E-state index in [1.807, 2.05) is 6.07 Å². The average molecular weight is 780 g/mol. The van der Waals surface area contributed by atoms with Crippen LogP contribution in [0, 0.1) is 56.7 Å². The summed E-state index contributed by atoms with van der Waals surface area (Å²) < 4.78 is 6.18. The van der Waals surface area contributed by atoms with Crippen molar-refractivity contribution in [2.75, 3.05) is 27.7 Å². The topological polar surface area (TPSA) is 87.2 Å². The minimum atomic E-state index is -1.15. The second-order valence-corrected chi connectivity index (χ2v) is 21.6. The van der Waals surface area contributed by atoms with Gasteiger partial charge in [0.15, 0.2) is 5.78 Å². The number of carboxylic acids is 1. The summed E-state index contributed by atoms with van der Waals surface area (Å²) in [6.07, 6.45) is 10.1. The lowest BCUT2D eigenvalue weighted by atomic mass is 9.36. The molecule has 7 nitrogen and oxygen atoms in total. The second kappa shape index (κ2) is 15.2. The van der Waals surface area contributed by atoms with Crippen LogP contribution in [-0.4, -0.2) is 66.4 Å². The first-order valence-electron chi connectivity index (χ1n) is 21.4. The first-order valence-corrected chi connectivity index (χ1v) is 21.7. The fourth-order valence-corrected chi connectivity index (χ4v) is 13.8. The van der Waals surface area contributed by atoms with Crippen LogP contribution in [0.1, 0.15) is 137 Å². The third-order valence-corrected chi connectivity index (χ3v) is 16.4. The van der Waals surface area contributed by atoms with Gasteiger partial charge in [-0.05, 0) is 169 Å². The Labute approximate surface area is 337 Å². The maximum Gasteiger partial charge on any atom is 0.309 e. The molecule has 0 spiro atoms. The van der Waals surface area contributed by atoms with Gasteiger partial charge >= 0.3 is 11.9 Å². The van der Waals surface area contributed by atoms with Crippen LogP contribution in [0.25, 0.3) is 0 Å². The van der Waals surface area contributed by atoms with Gasteiger partial charge in [-0.2, -0.15) is 0 Å². The smallest absolute Gasteiger partial charge is 0.309 e. The highest BCUT2D eigenvalue weighted by molar-refractivity contribution is 6.30. The van der Waals surface area contributed by atoms with Crippen molar-refractivity contribution in [1.29, 1.82) is 0 Å². The molecule has 306 valence electrons. The van der Waals surface area contributed by atoms with Gasteiger partial charge in [0.2, 0.25) is 0 Å². The van der Waals surface area contributed by atoms with Gasteiger partial charge in [-0.15, -0.1) is 0 Å². The number of fused-ring (bicyclic) bond motifs is 7. The summed E-state index contributed by atoms with van der Waals surface area (Å²) in [4.78, 5) is 43.6. The van der Waals surface area contributed by atoms with Crippen LogP contribution in [0.4, 0.5) is 0 Å². The van der Waals surface area contributed by atoms with Crippen LogP contribution in [-0.2, 0) is 32.2 Å². The first-order chi connectivity index (χ1) is 25.6. The third kappa shape index (κ3) is 7.62. The second-order valence-electron chi connectivity index (χ2n) is 21.2. The number of ether oxygens (including phenoxy) is 1. The summed E-state index contributed by atoms with van der Waals surface area (Å²) in [5.74, 6) is 1.31. The Kier molecular flexibility index (Phi) is 11.7. The van der Waals surface area contributed by atoms with Gasteiger partial charge in [0.1, 0.15) is 6.10 Å². The summed E-state index contributed by atoms with van der Waals surface area (Å²) in [6.45, 7) is 20.1. The van der Waals surface area contributed by atoms with E-state index in [2.05, 4.69) is 84.6 Å². The van der Waals surface area contributed by atoms with E-state index in [0.29, 0.717) is 35.9 Å². The number of aliphatic carboxylic acids is 1. The highest BCUT2D eigenvalue weighted by atomic mass is 35.5. The maximum absolute atomic E-state index is 14.1. The van der Waals surface area contributed by atoms with Crippen LogP contribution in [0.2, 0.25) is 5.02 Å². The predicted molar refractivity (Wildman–Crippen MR) is 221 cm³/mol. The zero-order valence-corrected chi connectivity index (χ0v) is 36.7. The standard InChI is InChI=1S/C47H71ClN2O5/c1-29(2)40-35(51)25-47(22-23-50(11)28-30-12-13-32(48)24-31(30)27-49(9)10)21-16-34-33(41(40)47)14-15-37-45(34,7)19-17-36-44(5,6)38(18-20-46(36,37)8)55-39(52)26-43(3,4)42(53)54/h12-13,24,29,33-34,36-38H,14-23,25-28H2,1-11H3,(H,53,54).